The molecule has 5 heteroatoms. The third-order valence-corrected chi connectivity index (χ3v) is 3.82. The molecule has 5 nitrogen and oxygen atoms in total. The van der Waals surface area contributed by atoms with Crippen molar-refractivity contribution in [3.63, 3.8) is 0 Å². The predicted octanol–water partition coefficient (Wildman–Crippen LogP) is 3.16. The summed E-state index contributed by atoms with van der Waals surface area (Å²) in [4.78, 5) is 14.9. The highest BCUT2D eigenvalue weighted by molar-refractivity contribution is 5.66. The minimum atomic E-state index is -0.748. The fourth-order valence-corrected chi connectivity index (χ4v) is 2.76. The highest BCUT2D eigenvalue weighted by Crippen LogP contribution is 2.34. The Hall–Kier alpha value is -1.39. The van der Waals surface area contributed by atoms with Gasteiger partial charge < -0.3 is 9.63 Å². The van der Waals surface area contributed by atoms with Gasteiger partial charge in [0.15, 0.2) is 5.82 Å². The maximum atomic E-state index is 10.4. The second-order valence-electron chi connectivity index (χ2n) is 5.62. The largest absolute Gasteiger partial charge is 0.481 e. The van der Waals surface area contributed by atoms with E-state index in [0.29, 0.717) is 24.7 Å². The van der Waals surface area contributed by atoms with Crippen LogP contribution in [0.4, 0.5) is 0 Å². The Kier molecular flexibility index (Phi) is 4.93. The molecule has 0 saturated heterocycles. The first-order chi connectivity index (χ1) is 9.15. The first-order valence-corrected chi connectivity index (χ1v) is 7.19. The molecule has 0 bridgehead atoms. The smallest absolute Gasteiger partial charge is 0.303 e. The van der Waals surface area contributed by atoms with Crippen molar-refractivity contribution in [1.82, 2.24) is 10.1 Å². The summed E-state index contributed by atoms with van der Waals surface area (Å²) in [6.45, 7) is 2.28. The van der Waals surface area contributed by atoms with Crippen LogP contribution in [0.5, 0.6) is 0 Å². The molecule has 0 aromatic carbocycles. The molecule has 1 aromatic rings. The van der Waals surface area contributed by atoms with E-state index in [9.17, 15) is 4.79 Å². The number of hydrogen-bond donors (Lipinski definition) is 1. The molecule has 1 heterocycles. The summed E-state index contributed by atoms with van der Waals surface area (Å²) in [5.74, 6) is 1.94. The van der Waals surface area contributed by atoms with Gasteiger partial charge in [0.2, 0.25) is 5.89 Å². The fraction of sp³-hybridized carbons (Fsp3) is 0.786. The quantitative estimate of drug-likeness (QED) is 0.800. The summed E-state index contributed by atoms with van der Waals surface area (Å²) in [5, 5.41) is 12.6. The lowest BCUT2D eigenvalue weighted by Crippen LogP contribution is -2.12. The van der Waals surface area contributed by atoms with Gasteiger partial charge in [0.1, 0.15) is 0 Å². The van der Waals surface area contributed by atoms with E-state index in [1.54, 1.807) is 0 Å². The minimum Gasteiger partial charge on any atom is -0.481 e. The Bertz CT molecular complexity index is 417. The van der Waals surface area contributed by atoms with Crippen LogP contribution >= 0.6 is 0 Å². The van der Waals surface area contributed by atoms with Gasteiger partial charge in [-0.3, -0.25) is 4.79 Å². The van der Waals surface area contributed by atoms with Gasteiger partial charge in [0.05, 0.1) is 0 Å². The molecule has 2 rings (SSSR count). The van der Waals surface area contributed by atoms with Crippen LogP contribution in [0.2, 0.25) is 0 Å². The Labute approximate surface area is 113 Å². The van der Waals surface area contributed by atoms with Crippen LogP contribution in [0.1, 0.15) is 69.5 Å². The standard InChI is InChI=1S/C14H22N2O3/c1-10-5-4-6-11(9-10)14-15-12(19-16-14)7-2-3-8-13(17)18/h10-11H,2-9H2,1H3,(H,17,18). The molecule has 19 heavy (non-hydrogen) atoms. The zero-order valence-corrected chi connectivity index (χ0v) is 11.5. The summed E-state index contributed by atoms with van der Waals surface area (Å²) < 4.78 is 5.25. The van der Waals surface area contributed by atoms with Crippen LogP contribution in [0.3, 0.4) is 0 Å². The maximum Gasteiger partial charge on any atom is 0.303 e. The molecule has 1 fully saturated rings. The van der Waals surface area contributed by atoms with Crippen LogP contribution in [-0.4, -0.2) is 21.2 Å². The Morgan fingerprint density at radius 1 is 1.42 bits per heavy atom. The zero-order valence-electron chi connectivity index (χ0n) is 11.5. The number of rotatable bonds is 6. The third kappa shape index (κ3) is 4.33. The number of carboxylic acid groups (broad SMARTS) is 1. The van der Waals surface area contributed by atoms with Crippen molar-refractivity contribution in [2.24, 2.45) is 5.92 Å². The van der Waals surface area contributed by atoms with Gasteiger partial charge in [0, 0.05) is 18.8 Å². The summed E-state index contributed by atoms with van der Waals surface area (Å²) in [5.41, 5.74) is 0. The molecule has 1 N–H and O–H groups in total. The van der Waals surface area contributed by atoms with Gasteiger partial charge in [-0.2, -0.15) is 4.98 Å². The van der Waals surface area contributed by atoms with Gasteiger partial charge in [-0.25, -0.2) is 0 Å². The van der Waals surface area contributed by atoms with Crippen molar-refractivity contribution in [3.8, 4) is 0 Å². The SMILES string of the molecule is CC1CCCC(c2noc(CCCCC(=O)O)n2)C1. The van der Waals surface area contributed by atoms with Gasteiger partial charge >= 0.3 is 5.97 Å². The first-order valence-electron chi connectivity index (χ1n) is 7.19. The van der Waals surface area contributed by atoms with Crippen molar-refractivity contribution in [3.05, 3.63) is 11.7 Å². The van der Waals surface area contributed by atoms with Crippen molar-refractivity contribution >= 4 is 5.97 Å². The van der Waals surface area contributed by atoms with Gasteiger partial charge in [-0.05, 0) is 31.6 Å². The van der Waals surface area contributed by atoms with Crippen LogP contribution < -0.4 is 0 Å². The zero-order chi connectivity index (χ0) is 13.7. The van der Waals surface area contributed by atoms with Crippen LogP contribution in [-0.2, 0) is 11.2 Å². The van der Waals surface area contributed by atoms with Crippen LogP contribution in [0.15, 0.2) is 4.52 Å². The van der Waals surface area contributed by atoms with Crippen molar-refractivity contribution < 1.29 is 14.4 Å². The molecule has 0 spiro atoms. The fourth-order valence-electron chi connectivity index (χ4n) is 2.76. The van der Waals surface area contributed by atoms with Crippen LogP contribution in [0, 0.1) is 5.92 Å². The number of aryl methyl sites for hydroxylation is 1. The summed E-state index contributed by atoms with van der Waals surface area (Å²) in [6.07, 6.45) is 7.19. The van der Waals surface area contributed by atoms with Gasteiger partial charge in [-0.1, -0.05) is 24.9 Å². The second kappa shape index (κ2) is 6.68. The second-order valence-corrected chi connectivity index (χ2v) is 5.62. The van der Waals surface area contributed by atoms with E-state index < -0.39 is 5.97 Å². The Balaban J connectivity index is 1.79. The molecule has 1 aliphatic rings. The molecule has 1 aromatic heterocycles. The lowest BCUT2D eigenvalue weighted by molar-refractivity contribution is -0.137. The van der Waals surface area contributed by atoms with E-state index in [-0.39, 0.29) is 6.42 Å². The molecule has 0 radical (unpaired) electrons. The normalized spacial score (nSPS) is 23.4. The predicted molar refractivity (Wildman–Crippen MR) is 69.9 cm³/mol. The van der Waals surface area contributed by atoms with Gasteiger partial charge in [0.25, 0.3) is 0 Å². The number of nitrogens with zero attached hydrogens (tertiary/aromatic N) is 2. The number of hydrogen-bond acceptors (Lipinski definition) is 4. The maximum absolute atomic E-state index is 10.4. The highest BCUT2D eigenvalue weighted by atomic mass is 16.5. The molecule has 1 saturated carbocycles. The topological polar surface area (TPSA) is 76.2 Å². The highest BCUT2D eigenvalue weighted by Gasteiger charge is 2.24. The molecule has 0 aliphatic heterocycles. The lowest BCUT2D eigenvalue weighted by atomic mass is 9.82. The van der Waals surface area contributed by atoms with Crippen molar-refractivity contribution in [2.75, 3.05) is 0 Å². The van der Waals surface area contributed by atoms with E-state index in [1.807, 2.05) is 0 Å². The number of aliphatic carboxylic acids is 1. The molecule has 0 amide bonds. The number of carbonyl (C=O) groups is 1. The average molecular weight is 266 g/mol. The average Bonchev–Trinajstić information content (AvgIpc) is 2.83. The number of aromatic nitrogens is 2. The molecular formula is C14H22N2O3. The Morgan fingerprint density at radius 2 is 2.26 bits per heavy atom. The van der Waals surface area contributed by atoms with Gasteiger partial charge in [-0.15, -0.1) is 0 Å². The van der Waals surface area contributed by atoms with E-state index in [1.165, 1.54) is 12.8 Å². The number of unbranched alkanes of at least 4 members (excludes halogenated alkanes) is 1. The molecule has 1 aliphatic carbocycles. The molecule has 2 unspecified atom stereocenters. The van der Waals surface area contributed by atoms with E-state index in [2.05, 4.69) is 17.1 Å². The van der Waals surface area contributed by atoms with E-state index in [0.717, 1.165) is 31.0 Å². The molecule has 106 valence electrons. The van der Waals surface area contributed by atoms with E-state index in [4.69, 9.17) is 9.63 Å². The lowest BCUT2D eigenvalue weighted by Gasteiger charge is -2.23. The first kappa shape index (κ1) is 14.0. The third-order valence-electron chi connectivity index (χ3n) is 3.82. The summed E-state index contributed by atoms with van der Waals surface area (Å²) >= 11 is 0. The van der Waals surface area contributed by atoms with E-state index >= 15 is 0 Å². The summed E-state index contributed by atoms with van der Waals surface area (Å²) in [7, 11) is 0. The Morgan fingerprint density at radius 3 is 3.00 bits per heavy atom. The van der Waals surface area contributed by atoms with Crippen molar-refractivity contribution in [2.45, 2.75) is 64.2 Å². The summed E-state index contributed by atoms with van der Waals surface area (Å²) in [6, 6.07) is 0. The monoisotopic (exact) mass is 266 g/mol. The molecular weight excluding hydrogens is 244 g/mol. The van der Waals surface area contributed by atoms with Crippen LogP contribution in [0.25, 0.3) is 0 Å². The van der Waals surface area contributed by atoms with Crippen molar-refractivity contribution in [1.29, 1.82) is 0 Å². The molecule has 2 atom stereocenters. The minimum absolute atomic E-state index is 0.209. The number of carboxylic acids is 1.